The molecular weight excluding hydrogens is 164 g/mol. The predicted molar refractivity (Wildman–Crippen MR) is 49.4 cm³/mol. The van der Waals surface area contributed by atoms with Gasteiger partial charge in [0, 0.05) is 12.0 Å². The maximum absolute atomic E-state index is 5.63. The molecule has 0 saturated carbocycles. The fourth-order valence-corrected chi connectivity index (χ4v) is 2.12. The van der Waals surface area contributed by atoms with Gasteiger partial charge in [0.05, 0.1) is 0 Å². The Morgan fingerprint density at radius 2 is 2.10 bits per heavy atom. The molecule has 1 nitrogen and oxygen atoms in total. The van der Waals surface area contributed by atoms with Crippen molar-refractivity contribution < 1.29 is 4.43 Å². The van der Waals surface area contributed by atoms with Gasteiger partial charge >= 0.3 is 0 Å². The van der Waals surface area contributed by atoms with Crippen LogP contribution in [0.2, 0.25) is 13.1 Å². The number of hydrogen-bond acceptors (Lipinski definition) is 1. The van der Waals surface area contributed by atoms with Gasteiger partial charge in [0.25, 0.3) is 0 Å². The molecule has 3 heteroatoms. The van der Waals surface area contributed by atoms with Crippen molar-refractivity contribution in [2.24, 2.45) is 0 Å². The molecule has 0 aromatic carbocycles. The standard InChI is InChI=1S/C7H17ClOSi/c1-7(5-4-6-8)9-10(2)3/h7,10H,4-6H2,1-3H3. The van der Waals surface area contributed by atoms with Gasteiger partial charge in [0.1, 0.15) is 0 Å². The molecule has 0 aliphatic rings. The molecule has 0 spiro atoms. The minimum Gasteiger partial charge on any atom is -0.418 e. The first-order valence-corrected chi connectivity index (χ1v) is 7.19. The fraction of sp³-hybridized carbons (Fsp3) is 1.00. The first kappa shape index (κ1) is 10.5. The summed E-state index contributed by atoms with van der Waals surface area (Å²) >= 11 is 5.54. The lowest BCUT2D eigenvalue weighted by Gasteiger charge is -2.14. The molecule has 0 aliphatic carbocycles. The van der Waals surface area contributed by atoms with Crippen LogP contribution in [0.1, 0.15) is 19.8 Å². The SMILES string of the molecule is CC(CCCCl)O[SiH](C)C. The molecule has 0 aliphatic heterocycles. The number of hydrogen-bond donors (Lipinski definition) is 0. The van der Waals surface area contributed by atoms with Gasteiger partial charge in [0.15, 0.2) is 9.04 Å². The molecule has 0 fully saturated rings. The van der Waals surface area contributed by atoms with Crippen LogP contribution >= 0.6 is 11.6 Å². The van der Waals surface area contributed by atoms with Crippen molar-refractivity contribution in [3.05, 3.63) is 0 Å². The van der Waals surface area contributed by atoms with Crippen LogP contribution in [0.4, 0.5) is 0 Å². The molecule has 0 radical (unpaired) electrons. The zero-order valence-electron chi connectivity index (χ0n) is 7.06. The van der Waals surface area contributed by atoms with E-state index in [1.165, 1.54) is 0 Å². The van der Waals surface area contributed by atoms with Crippen molar-refractivity contribution in [2.75, 3.05) is 5.88 Å². The Hall–Kier alpha value is 0.467. The highest BCUT2D eigenvalue weighted by atomic mass is 35.5. The zero-order valence-corrected chi connectivity index (χ0v) is 8.97. The second kappa shape index (κ2) is 6.19. The first-order valence-electron chi connectivity index (χ1n) is 3.88. The summed E-state index contributed by atoms with van der Waals surface area (Å²) in [7, 11) is -0.814. The van der Waals surface area contributed by atoms with Crippen LogP contribution in [0.15, 0.2) is 0 Å². The molecule has 0 bridgehead atoms. The highest BCUT2D eigenvalue weighted by Crippen LogP contribution is 2.03. The summed E-state index contributed by atoms with van der Waals surface area (Å²) in [6.07, 6.45) is 2.60. The van der Waals surface area contributed by atoms with E-state index in [9.17, 15) is 0 Å². The molecule has 0 rings (SSSR count). The lowest BCUT2D eigenvalue weighted by molar-refractivity contribution is 0.214. The van der Waals surface area contributed by atoms with Gasteiger partial charge in [-0.25, -0.2) is 0 Å². The van der Waals surface area contributed by atoms with Crippen LogP contribution in [-0.2, 0) is 4.43 Å². The normalized spacial score (nSPS) is 14.1. The van der Waals surface area contributed by atoms with E-state index in [1.54, 1.807) is 0 Å². The molecule has 0 aromatic heterocycles. The van der Waals surface area contributed by atoms with Gasteiger partial charge in [-0.15, -0.1) is 11.6 Å². The number of halogens is 1. The quantitative estimate of drug-likeness (QED) is 0.467. The molecule has 62 valence electrons. The second-order valence-corrected chi connectivity index (χ2v) is 5.57. The Kier molecular flexibility index (Phi) is 6.48. The van der Waals surface area contributed by atoms with E-state index in [0.717, 1.165) is 18.7 Å². The van der Waals surface area contributed by atoms with Gasteiger partial charge < -0.3 is 4.43 Å². The smallest absolute Gasteiger partial charge is 0.171 e. The lowest BCUT2D eigenvalue weighted by atomic mass is 10.2. The molecule has 1 unspecified atom stereocenters. The third kappa shape index (κ3) is 6.58. The van der Waals surface area contributed by atoms with Crippen LogP contribution in [0, 0.1) is 0 Å². The third-order valence-electron chi connectivity index (χ3n) is 1.25. The Balaban J connectivity index is 3.16. The van der Waals surface area contributed by atoms with Crippen molar-refractivity contribution >= 4 is 20.6 Å². The summed E-state index contributed by atoms with van der Waals surface area (Å²) in [5.41, 5.74) is 0. The Bertz CT molecular complexity index is 78.0. The summed E-state index contributed by atoms with van der Waals surface area (Å²) in [6.45, 7) is 6.51. The summed E-state index contributed by atoms with van der Waals surface area (Å²) in [5, 5.41) is 0. The molecule has 1 atom stereocenters. The molecule has 0 aromatic rings. The van der Waals surface area contributed by atoms with E-state index >= 15 is 0 Å². The largest absolute Gasteiger partial charge is 0.418 e. The Morgan fingerprint density at radius 3 is 2.50 bits per heavy atom. The Labute approximate surface area is 70.4 Å². The van der Waals surface area contributed by atoms with Gasteiger partial charge in [-0.1, -0.05) is 0 Å². The Morgan fingerprint density at radius 1 is 1.50 bits per heavy atom. The van der Waals surface area contributed by atoms with Gasteiger partial charge in [-0.2, -0.15) is 0 Å². The minimum absolute atomic E-state index is 0.422. The van der Waals surface area contributed by atoms with E-state index in [1.807, 2.05) is 0 Å². The first-order chi connectivity index (χ1) is 4.66. The molecular formula is C7H17ClOSi. The third-order valence-corrected chi connectivity index (χ3v) is 2.52. The average Bonchev–Trinajstić information content (AvgIpc) is 1.82. The van der Waals surface area contributed by atoms with Crippen LogP contribution in [0.5, 0.6) is 0 Å². The van der Waals surface area contributed by atoms with Crippen LogP contribution < -0.4 is 0 Å². The lowest BCUT2D eigenvalue weighted by Crippen LogP contribution is -2.17. The van der Waals surface area contributed by atoms with Gasteiger partial charge in [-0.3, -0.25) is 0 Å². The fourth-order valence-electron chi connectivity index (χ4n) is 0.897. The molecule has 0 heterocycles. The van der Waals surface area contributed by atoms with Crippen LogP contribution in [0.25, 0.3) is 0 Å². The van der Waals surface area contributed by atoms with Crippen LogP contribution in [-0.4, -0.2) is 21.0 Å². The van der Waals surface area contributed by atoms with Gasteiger partial charge in [0.2, 0.25) is 0 Å². The number of rotatable bonds is 5. The van der Waals surface area contributed by atoms with E-state index in [4.69, 9.17) is 16.0 Å². The average molecular weight is 181 g/mol. The van der Waals surface area contributed by atoms with E-state index in [0.29, 0.717) is 6.10 Å². The monoisotopic (exact) mass is 180 g/mol. The van der Waals surface area contributed by atoms with Gasteiger partial charge in [-0.05, 0) is 32.9 Å². The van der Waals surface area contributed by atoms with Crippen molar-refractivity contribution in [1.29, 1.82) is 0 Å². The maximum Gasteiger partial charge on any atom is 0.171 e. The van der Waals surface area contributed by atoms with Crippen LogP contribution in [0.3, 0.4) is 0 Å². The topological polar surface area (TPSA) is 9.23 Å². The van der Waals surface area contributed by atoms with Crippen molar-refractivity contribution in [3.63, 3.8) is 0 Å². The summed E-state index contributed by atoms with van der Waals surface area (Å²) in [4.78, 5) is 0. The van der Waals surface area contributed by atoms with E-state index in [2.05, 4.69) is 20.0 Å². The van der Waals surface area contributed by atoms with Crippen molar-refractivity contribution in [2.45, 2.75) is 39.0 Å². The highest BCUT2D eigenvalue weighted by Gasteiger charge is 2.03. The summed E-state index contributed by atoms with van der Waals surface area (Å²) in [6, 6.07) is 0. The highest BCUT2D eigenvalue weighted by molar-refractivity contribution is 6.48. The van der Waals surface area contributed by atoms with E-state index in [-0.39, 0.29) is 0 Å². The second-order valence-electron chi connectivity index (χ2n) is 2.83. The summed E-state index contributed by atoms with van der Waals surface area (Å²) in [5.74, 6) is 0.757. The molecule has 0 saturated heterocycles. The van der Waals surface area contributed by atoms with E-state index < -0.39 is 9.04 Å². The van der Waals surface area contributed by atoms with Crippen molar-refractivity contribution in [1.82, 2.24) is 0 Å². The summed E-state index contributed by atoms with van der Waals surface area (Å²) < 4.78 is 5.63. The number of alkyl halides is 1. The maximum atomic E-state index is 5.63. The molecule has 0 N–H and O–H groups in total. The molecule has 10 heavy (non-hydrogen) atoms. The predicted octanol–water partition coefficient (Wildman–Crippen LogP) is 2.39. The molecule has 0 amide bonds. The van der Waals surface area contributed by atoms with Crippen molar-refractivity contribution in [3.8, 4) is 0 Å². The minimum atomic E-state index is -0.814. The zero-order chi connectivity index (χ0) is 7.98.